The third-order valence-electron chi connectivity index (χ3n) is 3.63. The van der Waals surface area contributed by atoms with Crippen LogP contribution in [0.3, 0.4) is 0 Å². The Morgan fingerprint density at radius 2 is 1.93 bits per heavy atom. The second-order valence-electron chi connectivity index (χ2n) is 5.51. The lowest BCUT2D eigenvalue weighted by atomic mass is 10.2. The SMILES string of the molecule is C#CCNC(=O)COC(=O)/C=C/c1ccc(S(=O)(=O)N2CCOCC2)cc1. The van der Waals surface area contributed by atoms with Crippen LogP contribution in [-0.2, 0) is 29.1 Å². The van der Waals surface area contributed by atoms with Crippen molar-refractivity contribution in [1.82, 2.24) is 9.62 Å². The highest BCUT2D eigenvalue weighted by molar-refractivity contribution is 7.89. The number of carbonyl (C=O) groups excluding carboxylic acids is 2. The van der Waals surface area contributed by atoms with Crippen molar-refractivity contribution in [2.75, 3.05) is 39.5 Å². The minimum atomic E-state index is -3.56. The molecule has 1 aromatic carbocycles. The number of nitrogens with one attached hydrogen (secondary N) is 1. The molecule has 2 rings (SSSR count). The number of hydrogen-bond acceptors (Lipinski definition) is 6. The highest BCUT2D eigenvalue weighted by Crippen LogP contribution is 2.18. The average Bonchev–Trinajstić information content (AvgIpc) is 2.70. The number of sulfonamides is 1. The quantitative estimate of drug-likeness (QED) is 0.399. The molecule has 1 N–H and O–H groups in total. The summed E-state index contributed by atoms with van der Waals surface area (Å²) in [5, 5.41) is 2.36. The fraction of sp³-hybridized carbons (Fsp3) is 0.333. The van der Waals surface area contributed by atoms with Crippen molar-refractivity contribution in [3.8, 4) is 12.3 Å². The molecule has 1 fully saturated rings. The Morgan fingerprint density at radius 3 is 2.56 bits per heavy atom. The zero-order valence-electron chi connectivity index (χ0n) is 14.6. The molecule has 0 aromatic heterocycles. The van der Waals surface area contributed by atoms with Crippen molar-refractivity contribution in [2.45, 2.75) is 4.90 Å². The van der Waals surface area contributed by atoms with E-state index < -0.39 is 28.5 Å². The summed E-state index contributed by atoms with van der Waals surface area (Å²) in [7, 11) is -3.56. The molecular formula is C18H20N2O6S. The van der Waals surface area contributed by atoms with Gasteiger partial charge in [-0.05, 0) is 23.8 Å². The first-order valence-corrected chi connectivity index (χ1v) is 9.60. The number of benzene rings is 1. The van der Waals surface area contributed by atoms with E-state index in [2.05, 4.69) is 11.2 Å². The summed E-state index contributed by atoms with van der Waals surface area (Å²) in [6, 6.07) is 6.11. The minimum absolute atomic E-state index is 0.0614. The number of terminal acetylenes is 1. The monoisotopic (exact) mass is 392 g/mol. The first-order chi connectivity index (χ1) is 12.9. The summed E-state index contributed by atoms with van der Waals surface area (Å²) in [6.07, 6.45) is 7.61. The Balaban J connectivity index is 1.91. The van der Waals surface area contributed by atoms with E-state index in [0.29, 0.717) is 31.9 Å². The van der Waals surface area contributed by atoms with Crippen molar-refractivity contribution >= 4 is 28.0 Å². The van der Waals surface area contributed by atoms with Crippen LogP contribution in [0.15, 0.2) is 35.2 Å². The molecule has 1 aromatic rings. The first kappa shape index (κ1) is 20.6. The van der Waals surface area contributed by atoms with E-state index in [1.165, 1.54) is 22.5 Å². The zero-order valence-corrected chi connectivity index (χ0v) is 15.4. The number of carbonyl (C=O) groups is 2. The number of nitrogens with zero attached hydrogens (tertiary/aromatic N) is 1. The van der Waals surface area contributed by atoms with Crippen molar-refractivity contribution < 1.29 is 27.5 Å². The molecule has 0 saturated carbocycles. The van der Waals surface area contributed by atoms with Crippen LogP contribution in [0.25, 0.3) is 6.08 Å². The zero-order chi connectivity index (χ0) is 19.7. The summed E-state index contributed by atoms with van der Waals surface area (Å²) in [6.45, 7) is 1.04. The van der Waals surface area contributed by atoms with Crippen LogP contribution in [0.2, 0.25) is 0 Å². The van der Waals surface area contributed by atoms with Crippen molar-refractivity contribution in [3.05, 3.63) is 35.9 Å². The Kier molecular flexibility index (Phi) is 7.55. The normalized spacial score (nSPS) is 15.2. The Labute approximate surface area is 158 Å². The smallest absolute Gasteiger partial charge is 0.331 e. The van der Waals surface area contributed by atoms with Gasteiger partial charge in [0.15, 0.2) is 6.61 Å². The highest BCUT2D eigenvalue weighted by Gasteiger charge is 2.25. The van der Waals surface area contributed by atoms with Gasteiger partial charge in [-0.2, -0.15) is 4.31 Å². The van der Waals surface area contributed by atoms with E-state index in [0.717, 1.165) is 6.08 Å². The third kappa shape index (κ3) is 6.21. The van der Waals surface area contributed by atoms with Gasteiger partial charge < -0.3 is 14.8 Å². The van der Waals surface area contributed by atoms with E-state index in [1.54, 1.807) is 12.1 Å². The van der Waals surface area contributed by atoms with Crippen LogP contribution in [0, 0.1) is 12.3 Å². The fourth-order valence-corrected chi connectivity index (χ4v) is 3.64. The molecule has 1 amide bonds. The van der Waals surface area contributed by atoms with Gasteiger partial charge in [0.1, 0.15) is 0 Å². The van der Waals surface area contributed by atoms with Gasteiger partial charge in [0.25, 0.3) is 5.91 Å². The van der Waals surface area contributed by atoms with Gasteiger partial charge in [-0.1, -0.05) is 18.1 Å². The van der Waals surface area contributed by atoms with E-state index in [-0.39, 0.29) is 11.4 Å². The molecule has 9 heteroatoms. The van der Waals surface area contributed by atoms with Crippen molar-refractivity contribution in [1.29, 1.82) is 0 Å². The molecular weight excluding hydrogens is 372 g/mol. The summed E-state index contributed by atoms with van der Waals surface area (Å²) < 4.78 is 36.3. The molecule has 1 saturated heterocycles. The summed E-state index contributed by atoms with van der Waals surface area (Å²) in [5.74, 6) is 1.04. The molecule has 8 nitrogen and oxygen atoms in total. The number of esters is 1. The van der Waals surface area contributed by atoms with Crippen molar-refractivity contribution in [2.24, 2.45) is 0 Å². The maximum Gasteiger partial charge on any atom is 0.331 e. The van der Waals surface area contributed by atoms with Gasteiger partial charge >= 0.3 is 5.97 Å². The topological polar surface area (TPSA) is 102 Å². The Bertz CT molecular complexity index is 834. The van der Waals surface area contributed by atoms with Gasteiger partial charge in [0.2, 0.25) is 10.0 Å². The molecule has 27 heavy (non-hydrogen) atoms. The second-order valence-corrected chi connectivity index (χ2v) is 7.45. The number of rotatable bonds is 7. The lowest BCUT2D eigenvalue weighted by Gasteiger charge is -2.26. The molecule has 0 bridgehead atoms. The molecule has 0 atom stereocenters. The van der Waals surface area contributed by atoms with Gasteiger partial charge in [-0.3, -0.25) is 4.79 Å². The second kappa shape index (κ2) is 9.87. The minimum Gasteiger partial charge on any atom is -0.452 e. The maximum absolute atomic E-state index is 12.5. The molecule has 0 unspecified atom stereocenters. The third-order valence-corrected chi connectivity index (χ3v) is 5.55. The average molecular weight is 392 g/mol. The van der Waals surface area contributed by atoms with Crippen LogP contribution in [-0.4, -0.2) is 64.1 Å². The van der Waals surface area contributed by atoms with Crippen LogP contribution in [0.4, 0.5) is 0 Å². The van der Waals surface area contributed by atoms with Crippen LogP contribution >= 0.6 is 0 Å². The van der Waals surface area contributed by atoms with Crippen LogP contribution < -0.4 is 5.32 Å². The van der Waals surface area contributed by atoms with Gasteiger partial charge in [-0.15, -0.1) is 6.42 Å². The van der Waals surface area contributed by atoms with Gasteiger partial charge in [0, 0.05) is 19.2 Å². The van der Waals surface area contributed by atoms with Gasteiger partial charge in [0.05, 0.1) is 24.7 Å². The number of morpholine rings is 1. The van der Waals surface area contributed by atoms with Crippen LogP contribution in [0.5, 0.6) is 0 Å². The molecule has 1 aliphatic heterocycles. The number of ether oxygens (including phenoxy) is 2. The van der Waals surface area contributed by atoms with E-state index >= 15 is 0 Å². The standard InChI is InChI=1S/C18H20N2O6S/c1-2-9-19-17(21)14-26-18(22)8-5-15-3-6-16(7-4-15)27(23,24)20-10-12-25-13-11-20/h1,3-8H,9-14H2,(H,19,21)/b8-5+. The first-order valence-electron chi connectivity index (χ1n) is 8.16. The summed E-state index contributed by atoms with van der Waals surface area (Å²) in [4.78, 5) is 23.0. The molecule has 1 aliphatic rings. The molecule has 0 spiro atoms. The number of hydrogen-bond donors (Lipinski definition) is 1. The van der Waals surface area contributed by atoms with E-state index in [4.69, 9.17) is 15.9 Å². The summed E-state index contributed by atoms with van der Waals surface area (Å²) in [5.41, 5.74) is 0.615. The molecule has 0 radical (unpaired) electrons. The Hall–Kier alpha value is -2.67. The maximum atomic E-state index is 12.5. The Morgan fingerprint density at radius 1 is 1.26 bits per heavy atom. The van der Waals surface area contributed by atoms with E-state index in [1.807, 2.05) is 0 Å². The largest absolute Gasteiger partial charge is 0.452 e. The fourth-order valence-electron chi connectivity index (χ4n) is 2.24. The van der Waals surface area contributed by atoms with Crippen molar-refractivity contribution in [3.63, 3.8) is 0 Å². The lowest BCUT2D eigenvalue weighted by Crippen LogP contribution is -2.40. The van der Waals surface area contributed by atoms with Crippen LogP contribution in [0.1, 0.15) is 5.56 Å². The highest BCUT2D eigenvalue weighted by atomic mass is 32.2. The predicted molar refractivity (Wildman–Crippen MR) is 97.9 cm³/mol. The number of amides is 1. The molecule has 1 heterocycles. The molecule has 0 aliphatic carbocycles. The van der Waals surface area contributed by atoms with Gasteiger partial charge in [-0.25, -0.2) is 13.2 Å². The summed E-state index contributed by atoms with van der Waals surface area (Å²) >= 11 is 0. The molecule has 144 valence electrons. The van der Waals surface area contributed by atoms with E-state index in [9.17, 15) is 18.0 Å². The predicted octanol–water partition coefficient (Wildman–Crippen LogP) is 0.0133. The lowest BCUT2D eigenvalue weighted by molar-refractivity contribution is -0.143.